The van der Waals surface area contributed by atoms with Gasteiger partial charge in [0.05, 0.1) is 5.92 Å². The lowest BCUT2D eigenvalue weighted by Gasteiger charge is -2.33. The Bertz CT molecular complexity index is 504. The van der Waals surface area contributed by atoms with Crippen LogP contribution in [-0.2, 0) is 14.3 Å². The first-order valence-corrected chi connectivity index (χ1v) is 7.22. The number of esters is 1. The third kappa shape index (κ3) is 3.97. The largest absolute Gasteiger partial charge is 0.481 e. The number of carbonyl (C=O) groups excluding carboxylic acids is 1. The van der Waals surface area contributed by atoms with Gasteiger partial charge in [-0.2, -0.15) is 0 Å². The van der Waals surface area contributed by atoms with Gasteiger partial charge in [0.15, 0.2) is 0 Å². The summed E-state index contributed by atoms with van der Waals surface area (Å²) in [5.41, 5.74) is 1.89. The maximum absolute atomic E-state index is 11.0. The van der Waals surface area contributed by atoms with E-state index in [1.54, 1.807) is 6.92 Å². The molecule has 1 aliphatic rings. The highest BCUT2D eigenvalue weighted by molar-refractivity contribution is 5.75. The van der Waals surface area contributed by atoms with E-state index < -0.39 is 11.9 Å². The molecule has 2 rings (SSSR count). The lowest BCUT2D eigenvalue weighted by atomic mass is 10.0. The number of rotatable bonds is 4. The van der Waals surface area contributed by atoms with Crippen LogP contribution < -0.4 is 4.90 Å². The molecule has 0 spiro atoms. The van der Waals surface area contributed by atoms with Crippen molar-refractivity contribution < 1.29 is 19.4 Å². The second-order valence-corrected chi connectivity index (χ2v) is 5.45. The fourth-order valence-corrected chi connectivity index (χ4v) is 2.58. The highest BCUT2D eigenvalue weighted by Crippen LogP contribution is 2.24. The van der Waals surface area contributed by atoms with Crippen molar-refractivity contribution in [2.45, 2.75) is 38.7 Å². The van der Waals surface area contributed by atoms with Gasteiger partial charge in [-0.25, -0.2) is 0 Å². The van der Waals surface area contributed by atoms with Crippen LogP contribution in [0.15, 0.2) is 24.3 Å². The standard InChI is InChI=1S/C16H21NO4/c1-11(16(19)20)13-3-5-14(6-4-13)17-9-7-15(8-10-17)21-12(2)18/h3-6,11,15H,7-10H2,1-2H3,(H,19,20). The Morgan fingerprint density at radius 1 is 1.24 bits per heavy atom. The zero-order chi connectivity index (χ0) is 15.4. The van der Waals surface area contributed by atoms with Crippen molar-refractivity contribution in [1.29, 1.82) is 0 Å². The molecule has 1 fully saturated rings. The predicted molar refractivity (Wildman–Crippen MR) is 79.5 cm³/mol. The van der Waals surface area contributed by atoms with E-state index in [0.717, 1.165) is 37.2 Å². The first-order valence-electron chi connectivity index (χ1n) is 7.22. The molecular formula is C16H21NO4. The number of ether oxygens (including phenoxy) is 1. The Labute approximate surface area is 124 Å². The van der Waals surface area contributed by atoms with Gasteiger partial charge in [-0.1, -0.05) is 12.1 Å². The molecule has 1 saturated heterocycles. The Balaban J connectivity index is 1.95. The molecule has 0 amide bonds. The second-order valence-electron chi connectivity index (χ2n) is 5.45. The van der Waals surface area contributed by atoms with Gasteiger partial charge in [-0.3, -0.25) is 9.59 Å². The molecule has 0 bridgehead atoms. The molecule has 1 heterocycles. The number of nitrogens with zero attached hydrogens (tertiary/aromatic N) is 1. The van der Waals surface area contributed by atoms with Crippen LogP contribution in [0.3, 0.4) is 0 Å². The normalized spacial score (nSPS) is 17.3. The number of piperidine rings is 1. The number of carbonyl (C=O) groups is 2. The van der Waals surface area contributed by atoms with E-state index in [-0.39, 0.29) is 12.1 Å². The minimum atomic E-state index is -0.815. The molecule has 21 heavy (non-hydrogen) atoms. The molecule has 1 aliphatic heterocycles. The first-order chi connectivity index (χ1) is 9.97. The van der Waals surface area contributed by atoms with Crippen LogP contribution in [-0.4, -0.2) is 36.2 Å². The third-order valence-corrected chi connectivity index (χ3v) is 3.90. The second kappa shape index (κ2) is 6.61. The number of anilines is 1. The third-order valence-electron chi connectivity index (χ3n) is 3.90. The van der Waals surface area contributed by atoms with Crippen molar-refractivity contribution in [3.8, 4) is 0 Å². The summed E-state index contributed by atoms with van der Waals surface area (Å²) in [4.78, 5) is 24.1. The predicted octanol–water partition coefficient (Wildman–Crippen LogP) is 2.41. The van der Waals surface area contributed by atoms with Crippen LogP contribution in [0.2, 0.25) is 0 Å². The molecular weight excluding hydrogens is 270 g/mol. The van der Waals surface area contributed by atoms with E-state index in [0.29, 0.717) is 0 Å². The summed E-state index contributed by atoms with van der Waals surface area (Å²) in [5.74, 6) is -1.53. The summed E-state index contributed by atoms with van der Waals surface area (Å²) in [7, 11) is 0. The average molecular weight is 291 g/mol. The number of hydrogen-bond acceptors (Lipinski definition) is 4. The number of hydrogen-bond donors (Lipinski definition) is 1. The molecule has 0 aliphatic carbocycles. The molecule has 1 aromatic rings. The Morgan fingerprint density at radius 2 is 1.81 bits per heavy atom. The van der Waals surface area contributed by atoms with Crippen LogP contribution >= 0.6 is 0 Å². The zero-order valence-corrected chi connectivity index (χ0v) is 12.4. The van der Waals surface area contributed by atoms with Gasteiger partial charge in [-0.15, -0.1) is 0 Å². The van der Waals surface area contributed by atoms with E-state index in [2.05, 4.69) is 4.90 Å². The molecule has 5 heteroatoms. The summed E-state index contributed by atoms with van der Waals surface area (Å²) >= 11 is 0. The van der Waals surface area contributed by atoms with Gasteiger partial charge in [0, 0.05) is 38.5 Å². The number of carboxylic acid groups (broad SMARTS) is 1. The van der Waals surface area contributed by atoms with Gasteiger partial charge >= 0.3 is 11.9 Å². The summed E-state index contributed by atoms with van der Waals surface area (Å²) in [6, 6.07) is 7.65. The summed E-state index contributed by atoms with van der Waals surface area (Å²) in [5, 5.41) is 9.00. The maximum Gasteiger partial charge on any atom is 0.310 e. The zero-order valence-electron chi connectivity index (χ0n) is 12.4. The van der Waals surface area contributed by atoms with Gasteiger partial charge in [0.25, 0.3) is 0 Å². The lowest BCUT2D eigenvalue weighted by molar-refractivity contribution is -0.147. The summed E-state index contributed by atoms with van der Waals surface area (Å²) < 4.78 is 5.22. The molecule has 0 radical (unpaired) electrons. The quantitative estimate of drug-likeness (QED) is 0.863. The Morgan fingerprint density at radius 3 is 2.29 bits per heavy atom. The highest BCUT2D eigenvalue weighted by atomic mass is 16.5. The summed E-state index contributed by atoms with van der Waals surface area (Å²) in [6.07, 6.45) is 1.67. The molecule has 5 nitrogen and oxygen atoms in total. The van der Waals surface area contributed by atoms with Crippen LogP contribution in [0.25, 0.3) is 0 Å². The first kappa shape index (κ1) is 15.4. The molecule has 1 N–H and O–H groups in total. The van der Waals surface area contributed by atoms with Crippen molar-refractivity contribution in [2.24, 2.45) is 0 Å². The fourth-order valence-electron chi connectivity index (χ4n) is 2.58. The minimum Gasteiger partial charge on any atom is -0.481 e. The van der Waals surface area contributed by atoms with Crippen LogP contribution in [0.5, 0.6) is 0 Å². The number of benzene rings is 1. The molecule has 114 valence electrons. The van der Waals surface area contributed by atoms with E-state index in [1.807, 2.05) is 24.3 Å². The molecule has 1 aromatic carbocycles. The van der Waals surface area contributed by atoms with Crippen LogP contribution in [0, 0.1) is 0 Å². The van der Waals surface area contributed by atoms with Gasteiger partial charge in [-0.05, 0) is 24.6 Å². The lowest BCUT2D eigenvalue weighted by Crippen LogP contribution is -2.37. The molecule has 1 unspecified atom stereocenters. The molecule has 0 aromatic heterocycles. The van der Waals surface area contributed by atoms with Crippen molar-refractivity contribution in [3.05, 3.63) is 29.8 Å². The smallest absolute Gasteiger partial charge is 0.310 e. The van der Waals surface area contributed by atoms with E-state index in [4.69, 9.17) is 9.84 Å². The van der Waals surface area contributed by atoms with E-state index in [9.17, 15) is 9.59 Å². The summed E-state index contributed by atoms with van der Waals surface area (Å²) in [6.45, 7) is 4.80. The van der Waals surface area contributed by atoms with Gasteiger partial charge in [0.2, 0.25) is 0 Å². The fraction of sp³-hybridized carbons (Fsp3) is 0.500. The van der Waals surface area contributed by atoms with Crippen LogP contribution in [0.1, 0.15) is 38.2 Å². The average Bonchev–Trinajstić information content (AvgIpc) is 2.47. The Hall–Kier alpha value is -2.04. The number of carboxylic acids is 1. The van der Waals surface area contributed by atoms with Crippen molar-refractivity contribution >= 4 is 17.6 Å². The van der Waals surface area contributed by atoms with E-state index >= 15 is 0 Å². The van der Waals surface area contributed by atoms with Crippen molar-refractivity contribution in [1.82, 2.24) is 0 Å². The van der Waals surface area contributed by atoms with Gasteiger partial charge < -0.3 is 14.7 Å². The SMILES string of the molecule is CC(=O)OC1CCN(c2ccc(C(C)C(=O)O)cc2)CC1. The molecule has 1 atom stereocenters. The van der Waals surface area contributed by atoms with Crippen molar-refractivity contribution in [3.63, 3.8) is 0 Å². The maximum atomic E-state index is 11.0. The number of aliphatic carboxylic acids is 1. The minimum absolute atomic E-state index is 0.0186. The monoisotopic (exact) mass is 291 g/mol. The Kier molecular flexibility index (Phi) is 4.83. The highest BCUT2D eigenvalue weighted by Gasteiger charge is 2.21. The van der Waals surface area contributed by atoms with Gasteiger partial charge in [0.1, 0.15) is 6.10 Å². The molecule has 0 saturated carbocycles. The van der Waals surface area contributed by atoms with E-state index in [1.165, 1.54) is 6.92 Å². The van der Waals surface area contributed by atoms with Crippen molar-refractivity contribution in [2.75, 3.05) is 18.0 Å². The topological polar surface area (TPSA) is 66.8 Å². The van der Waals surface area contributed by atoms with Crippen LogP contribution in [0.4, 0.5) is 5.69 Å².